The molecule has 1 aliphatic rings. The van der Waals surface area contributed by atoms with E-state index in [9.17, 15) is 9.18 Å². The van der Waals surface area contributed by atoms with Gasteiger partial charge in [0, 0.05) is 11.3 Å². The Labute approximate surface area is 158 Å². The molecule has 1 aliphatic carbocycles. The van der Waals surface area contributed by atoms with Crippen molar-refractivity contribution in [3.8, 4) is 0 Å². The fourth-order valence-corrected chi connectivity index (χ4v) is 3.72. The van der Waals surface area contributed by atoms with Crippen molar-refractivity contribution in [2.75, 3.05) is 0 Å². The molecule has 0 saturated heterocycles. The summed E-state index contributed by atoms with van der Waals surface area (Å²) in [4.78, 5) is 12.4. The number of nitrogens with one attached hydrogen (secondary N) is 1. The maximum absolute atomic E-state index is 13.8. The summed E-state index contributed by atoms with van der Waals surface area (Å²) < 4.78 is 15.8. The Balaban J connectivity index is 1.47. The van der Waals surface area contributed by atoms with Gasteiger partial charge in [0.05, 0.1) is 25.2 Å². The van der Waals surface area contributed by atoms with Crippen molar-refractivity contribution in [1.29, 1.82) is 0 Å². The second-order valence-electron chi connectivity index (χ2n) is 6.97. The van der Waals surface area contributed by atoms with Crippen LogP contribution in [-0.4, -0.2) is 15.7 Å². The van der Waals surface area contributed by atoms with Crippen LogP contribution in [0.1, 0.15) is 41.3 Å². The van der Waals surface area contributed by atoms with Gasteiger partial charge in [0.2, 0.25) is 5.91 Å². The molecular weight excluding hydrogens is 341 g/mol. The maximum atomic E-state index is 13.8. The Hall–Kier alpha value is -2.95. The van der Waals surface area contributed by atoms with Gasteiger partial charge in [0.15, 0.2) is 0 Å². The van der Waals surface area contributed by atoms with E-state index in [0.29, 0.717) is 5.56 Å². The van der Waals surface area contributed by atoms with Gasteiger partial charge < -0.3 is 5.32 Å². The Kier molecular flexibility index (Phi) is 5.01. The number of halogens is 1. The van der Waals surface area contributed by atoms with Crippen molar-refractivity contribution in [3.63, 3.8) is 0 Å². The van der Waals surface area contributed by atoms with Crippen molar-refractivity contribution < 1.29 is 9.18 Å². The van der Waals surface area contributed by atoms with Gasteiger partial charge in [-0.05, 0) is 36.5 Å². The summed E-state index contributed by atoms with van der Waals surface area (Å²) in [6.07, 6.45) is 4.76. The zero-order valence-corrected chi connectivity index (χ0v) is 15.1. The van der Waals surface area contributed by atoms with Crippen LogP contribution in [-0.2, 0) is 24.2 Å². The first-order valence-corrected chi connectivity index (χ1v) is 9.32. The van der Waals surface area contributed by atoms with E-state index < -0.39 is 0 Å². The molecule has 1 aromatic heterocycles. The quantitative estimate of drug-likeness (QED) is 0.749. The van der Waals surface area contributed by atoms with Gasteiger partial charge in [-0.2, -0.15) is 5.10 Å². The molecule has 1 atom stereocenters. The molecule has 0 fully saturated rings. The van der Waals surface area contributed by atoms with Gasteiger partial charge in [0.25, 0.3) is 0 Å². The van der Waals surface area contributed by atoms with E-state index in [0.717, 1.165) is 31.4 Å². The lowest BCUT2D eigenvalue weighted by molar-refractivity contribution is -0.121. The average molecular weight is 363 g/mol. The zero-order chi connectivity index (χ0) is 18.6. The number of benzene rings is 2. The van der Waals surface area contributed by atoms with E-state index >= 15 is 0 Å². The number of hydrogen-bond donors (Lipinski definition) is 1. The molecule has 0 radical (unpaired) electrons. The SMILES string of the molecule is O=C(Cc1ccccc1F)N[C@@H]1CCCc2c1cnn2Cc1ccccc1. The zero-order valence-electron chi connectivity index (χ0n) is 15.1. The standard InChI is InChI=1S/C22H22FN3O/c23-19-10-5-4-9-17(19)13-22(27)25-20-11-6-12-21-18(20)14-24-26(21)15-16-7-2-1-3-8-16/h1-5,7-10,14,20H,6,11-13,15H2,(H,25,27)/t20-/m1/s1. The molecule has 2 aromatic carbocycles. The number of carbonyl (C=O) groups excluding carboxylic acids is 1. The van der Waals surface area contributed by atoms with Crippen LogP contribution < -0.4 is 5.32 Å². The van der Waals surface area contributed by atoms with Gasteiger partial charge in [-0.3, -0.25) is 9.48 Å². The van der Waals surface area contributed by atoms with Gasteiger partial charge in [0.1, 0.15) is 5.82 Å². The monoisotopic (exact) mass is 363 g/mol. The molecule has 0 spiro atoms. The molecule has 0 aliphatic heterocycles. The first kappa shape index (κ1) is 17.5. The summed E-state index contributed by atoms with van der Waals surface area (Å²) in [6.45, 7) is 0.728. The highest BCUT2D eigenvalue weighted by Gasteiger charge is 2.25. The van der Waals surface area contributed by atoms with Crippen molar-refractivity contribution >= 4 is 5.91 Å². The van der Waals surface area contributed by atoms with Crippen LogP contribution in [0.3, 0.4) is 0 Å². The number of fused-ring (bicyclic) bond motifs is 1. The molecule has 4 nitrogen and oxygen atoms in total. The van der Waals surface area contributed by atoms with Gasteiger partial charge in [-0.15, -0.1) is 0 Å². The number of amides is 1. The fraction of sp³-hybridized carbons (Fsp3) is 0.273. The minimum Gasteiger partial charge on any atom is -0.349 e. The second-order valence-corrected chi connectivity index (χ2v) is 6.97. The van der Waals surface area contributed by atoms with E-state index in [4.69, 9.17) is 0 Å². The van der Waals surface area contributed by atoms with E-state index in [1.165, 1.54) is 17.3 Å². The molecular formula is C22H22FN3O. The fourth-order valence-electron chi connectivity index (χ4n) is 3.72. The minimum absolute atomic E-state index is 0.0522. The summed E-state index contributed by atoms with van der Waals surface area (Å²) in [6, 6.07) is 16.6. The van der Waals surface area contributed by atoms with E-state index in [2.05, 4.69) is 22.5 Å². The summed E-state index contributed by atoms with van der Waals surface area (Å²) in [5.41, 5.74) is 3.89. The predicted molar refractivity (Wildman–Crippen MR) is 102 cm³/mol. The summed E-state index contributed by atoms with van der Waals surface area (Å²) in [7, 11) is 0. The minimum atomic E-state index is -0.340. The second kappa shape index (κ2) is 7.74. The number of rotatable bonds is 5. The van der Waals surface area contributed by atoms with Crippen molar-refractivity contribution in [2.45, 2.75) is 38.3 Å². The number of aromatic nitrogens is 2. The van der Waals surface area contributed by atoms with Crippen LogP contribution in [0.25, 0.3) is 0 Å². The number of carbonyl (C=O) groups is 1. The lowest BCUT2D eigenvalue weighted by Crippen LogP contribution is -2.32. The first-order valence-electron chi connectivity index (χ1n) is 9.32. The van der Waals surface area contributed by atoms with Crippen molar-refractivity contribution in [1.82, 2.24) is 15.1 Å². The Bertz CT molecular complexity index is 936. The first-order chi connectivity index (χ1) is 13.2. The van der Waals surface area contributed by atoms with Crippen LogP contribution in [0.5, 0.6) is 0 Å². The molecule has 0 bridgehead atoms. The molecule has 27 heavy (non-hydrogen) atoms. The largest absolute Gasteiger partial charge is 0.349 e. The Morgan fingerprint density at radius 3 is 2.74 bits per heavy atom. The summed E-state index contributed by atoms with van der Waals surface area (Å²) >= 11 is 0. The van der Waals surface area contributed by atoms with Gasteiger partial charge in [-0.25, -0.2) is 4.39 Å². The van der Waals surface area contributed by atoms with Gasteiger partial charge in [-0.1, -0.05) is 48.5 Å². The predicted octanol–water partition coefficient (Wildman–Crippen LogP) is 3.81. The molecule has 1 N–H and O–H groups in total. The van der Waals surface area contributed by atoms with Crippen LogP contribution in [0.4, 0.5) is 4.39 Å². The van der Waals surface area contributed by atoms with Crippen LogP contribution in [0.2, 0.25) is 0 Å². The molecule has 138 valence electrons. The highest BCUT2D eigenvalue weighted by molar-refractivity contribution is 5.79. The van der Waals surface area contributed by atoms with Gasteiger partial charge >= 0.3 is 0 Å². The molecule has 0 saturated carbocycles. The third-order valence-electron chi connectivity index (χ3n) is 5.08. The highest BCUT2D eigenvalue weighted by Crippen LogP contribution is 2.30. The van der Waals surface area contributed by atoms with Crippen LogP contribution in [0.15, 0.2) is 60.8 Å². The lowest BCUT2D eigenvalue weighted by atomic mass is 9.92. The van der Waals surface area contributed by atoms with Crippen LogP contribution in [0, 0.1) is 5.82 Å². The average Bonchev–Trinajstić information content (AvgIpc) is 3.08. The highest BCUT2D eigenvalue weighted by atomic mass is 19.1. The summed E-state index contributed by atoms with van der Waals surface area (Å²) in [5, 5.41) is 7.62. The third-order valence-corrected chi connectivity index (χ3v) is 5.08. The third kappa shape index (κ3) is 3.92. The molecule has 0 unspecified atom stereocenters. The maximum Gasteiger partial charge on any atom is 0.225 e. The normalized spacial score (nSPS) is 16.0. The molecule has 3 aromatic rings. The molecule has 4 rings (SSSR count). The Morgan fingerprint density at radius 2 is 1.93 bits per heavy atom. The van der Waals surface area contributed by atoms with E-state index in [1.54, 1.807) is 18.2 Å². The molecule has 1 heterocycles. The van der Waals surface area contributed by atoms with E-state index in [1.807, 2.05) is 29.1 Å². The molecule has 1 amide bonds. The van der Waals surface area contributed by atoms with E-state index in [-0.39, 0.29) is 24.2 Å². The van der Waals surface area contributed by atoms with Crippen molar-refractivity contribution in [3.05, 3.63) is 89.0 Å². The van der Waals surface area contributed by atoms with Crippen molar-refractivity contribution in [2.24, 2.45) is 0 Å². The molecule has 5 heteroatoms. The number of nitrogens with zero attached hydrogens (tertiary/aromatic N) is 2. The lowest BCUT2D eigenvalue weighted by Gasteiger charge is -2.24. The smallest absolute Gasteiger partial charge is 0.225 e. The Morgan fingerprint density at radius 1 is 1.15 bits per heavy atom. The summed E-state index contributed by atoms with van der Waals surface area (Å²) in [5.74, 6) is -0.499. The topological polar surface area (TPSA) is 46.9 Å². The number of hydrogen-bond acceptors (Lipinski definition) is 2. The van der Waals surface area contributed by atoms with Crippen LogP contribution >= 0.6 is 0 Å².